The Labute approximate surface area is 142 Å². The summed E-state index contributed by atoms with van der Waals surface area (Å²) in [6, 6.07) is 14.8. The van der Waals surface area contributed by atoms with Crippen molar-refractivity contribution >= 4 is 5.96 Å². The van der Waals surface area contributed by atoms with Gasteiger partial charge in [0.25, 0.3) is 0 Å². The van der Waals surface area contributed by atoms with Gasteiger partial charge in [0.05, 0.1) is 13.2 Å². The number of hydrogen-bond acceptors (Lipinski definition) is 2. The monoisotopic (exact) mass is 329 g/mol. The summed E-state index contributed by atoms with van der Waals surface area (Å²) in [5, 5.41) is 6.47. The number of nitrogens with one attached hydrogen (secondary N) is 2. The molecule has 0 amide bonds. The Morgan fingerprint density at radius 1 is 1.00 bits per heavy atom. The van der Waals surface area contributed by atoms with Crippen LogP contribution in [0.1, 0.15) is 23.6 Å². The quantitative estimate of drug-likeness (QED) is 0.605. The molecule has 0 saturated heterocycles. The summed E-state index contributed by atoms with van der Waals surface area (Å²) in [6.45, 7) is 4.23. The van der Waals surface area contributed by atoms with Crippen LogP contribution in [0.4, 0.5) is 4.39 Å². The van der Waals surface area contributed by atoms with Gasteiger partial charge in [-0.1, -0.05) is 42.5 Å². The maximum Gasteiger partial charge on any atom is 0.191 e. The molecule has 0 radical (unpaired) electrons. The molecule has 2 rings (SSSR count). The highest BCUT2D eigenvalue weighted by atomic mass is 19.1. The highest BCUT2D eigenvalue weighted by Crippen LogP contribution is 2.10. The molecule has 24 heavy (non-hydrogen) atoms. The molecule has 4 nitrogen and oxygen atoms in total. The summed E-state index contributed by atoms with van der Waals surface area (Å²) in [5.74, 6) is 0.426. The van der Waals surface area contributed by atoms with Crippen LogP contribution in [0, 0.1) is 5.82 Å². The SMILES string of the molecule is CCNC(=NCc1ccccc1F)NCc1ccccc1COC. The fraction of sp³-hybridized carbons (Fsp3) is 0.316. The molecule has 0 aliphatic heterocycles. The van der Waals surface area contributed by atoms with E-state index in [0.29, 0.717) is 31.2 Å². The van der Waals surface area contributed by atoms with Crippen molar-refractivity contribution in [3.05, 3.63) is 71.0 Å². The number of methoxy groups -OCH3 is 1. The van der Waals surface area contributed by atoms with Crippen LogP contribution in [0.15, 0.2) is 53.5 Å². The number of ether oxygens (including phenoxy) is 1. The zero-order valence-corrected chi connectivity index (χ0v) is 14.2. The molecular formula is C19H24FN3O. The van der Waals surface area contributed by atoms with E-state index in [9.17, 15) is 4.39 Å². The van der Waals surface area contributed by atoms with E-state index >= 15 is 0 Å². The van der Waals surface area contributed by atoms with Gasteiger partial charge in [-0.2, -0.15) is 0 Å². The Morgan fingerprint density at radius 3 is 2.33 bits per heavy atom. The Balaban J connectivity index is 2.03. The number of guanidine groups is 1. The van der Waals surface area contributed by atoms with Crippen molar-refractivity contribution in [2.45, 2.75) is 26.6 Å². The lowest BCUT2D eigenvalue weighted by atomic mass is 10.1. The minimum absolute atomic E-state index is 0.234. The fourth-order valence-electron chi connectivity index (χ4n) is 2.34. The van der Waals surface area contributed by atoms with Gasteiger partial charge in [0, 0.05) is 25.8 Å². The first-order chi connectivity index (χ1) is 11.7. The number of rotatable bonds is 7. The highest BCUT2D eigenvalue weighted by molar-refractivity contribution is 5.79. The molecule has 0 heterocycles. The number of halogens is 1. The smallest absolute Gasteiger partial charge is 0.191 e. The first-order valence-electron chi connectivity index (χ1n) is 8.06. The van der Waals surface area contributed by atoms with Gasteiger partial charge in [-0.25, -0.2) is 9.38 Å². The average Bonchev–Trinajstić information content (AvgIpc) is 2.60. The van der Waals surface area contributed by atoms with Gasteiger partial charge in [0.1, 0.15) is 5.82 Å². The number of nitrogens with zero attached hydrogens (tertiary/aromatic N) is 1. The summed E-state index contributed by atoms with van der Waals surface area (Å²) in [6.07, 6.45) is 0. The lowest BCUT2D eigenvalue weighted by Gasteiger charge is -2.14. The van der Waals surface area contributed by atoms with Crippen molar-refractivity contribution in [1.29, 1.82) is 0 Å². The van der Waals surface area contributed by atoms with E-state index in [-0.39, 0.29) is 5.82 Å². The van der Waals surface area contributed by atoms with Crippen molar-refractivity contribution in [3.63, 3.8) is 0 Å². The molecule has 0 bridgehead atoms. The minimum atomic E-state index is -0.234. The topological polar surface area (TPSA) is 45.7 Å². The molecule has 0 saturated carbocycles. The highest BCUT2D eigenvalue weighted by Gasteiger charge is 2.04. The molecule has 0 fully saturated rings. The van der Waals surface area contributed by atoms with Crippen molar-refractivity contribution in [3.8, 4) is 0 Å². The van der Waals surface area contributed by atoms with Crippen LogP contribution in [0.2, 0.25) is 0 Å². The second-order valence-electron chi connectivity index (χ2n) is 5.34. The summed E-state index contributed by atoms with van der Waals surface area (Å²) in [7, 11) is 1.68. The number of aliphatic imine (C=N–C) groups is 1. The van der Waals surface area contributed by atoms with Gasteiger partial charge < -0.3 is 15.4 Å². The predicted octanol–water partition coefficient (Wildman–Crippen LogP) is 3.23. The summed E-state index contributed by atoms with van der Waals surface area (Å²) >= 11 is 0. The van der Waals surface area contributed by atoms with Crippen LogP contribution in [-0.4, -0.2) is 19.6 Å². The molecule has 0 aliphatic rings. The first-order valence-corrected chi connectivity index (χ1v) is 8.06. The van der Waals surface area contributed by atoms with Crippen LogP contribution in [0.25, 0.3) is 0 Å². The number of benzene rings is 2. The molecule has 2 N–H and O–H groups in total. The minimum Gasteiger partial charge on any atom is -0.380 e. The lowest BCUT2D eigenvalue weighted by Crippen LogP contribution is -2.37. The van der Waals surface area contributed by atoms with E-state index in [4.69, 9.17) is 4.74 Å². The zero-order valence-electron chi connectivity index (χ0n) is 14.2. The van der Waals surface area contributed by atoms with Gasteiger partial charge in [-0.05, 0) is 24.1 Å². The second-order valence-corrected chi connectivity index (χ2v) is 5.34. The molecule has 0 atom stereocenters. The Morgan fingerprint density at radius 2 is 1.67 bits per heavy atom. The van der Waals surface area contributed by atoms with E-state index in [1.165, 1.54) is 6.07 Å². The van der Waals surface area contributed by atoms with Gasteiger partial charge in [0.15, 0.2) is 5.96 Å². The molecular weight excluding hydrogens is 305 g/mol. The molecule has 0 aliphatic carbocycles. The number of hydrogen-bond donors (Lipinski definition) is 2. The summed E-state index contributed by atoms with van der Waals surface area (Å²) in [4.78, 5) is 4.46. The zero-order chi connectivity index (χ0) is 17.2. The van der Waals surface area contributed by atoms with Crippen LogP contribution in [0.3, 0.4) is 0 Å². The molecule has 5 heteroatoms. The molecule has 0 unspecified atom stereocenters. The van der Waals surface area contributed by atoms with E-state index in [2.05, 4.69) is 21.7 Å². The van der Waals surface area contributed by atoms with E-state index in [1.54, 1.807) is 19.2 Å². The predicted molar refractivity (Wildman–Crippen MR) is 95.2 cm³/mol. The standard InChI is InChI=1S/C19H24FN3O/c1-3-21-19(23-13-16-9-6-7-11-18(16)20)22-12-15-8-4-5-10-17(15)14-24-2/h4-11H,3,12-14H2,1-2H3,(H2,21,22,23). The summed E-state index contributed by atoms with van der Waals surface area (Å²) < 4.78 is 18.9. The Hall–Kier alpha value is -2.40. The van der Waals surface area contributed by atoms with Crippen LogP contribution >= 0.6 is 0 Å². The van der Waals surface area contributed by atoms with E-state index in [1.807, 2.05) is 31.2 Å². The third-order valence-electron chi connectivity index (χ3n) is 3.57. The lowest BCUT2D eigenvalue weighted by molar-refractivity contribution is 0.184. The molecule has 0 aromatic heterocycles. The normalized spacial score (nSPS) is 11.4. The van der Waals surface area contributed by atoms with Crippen LogP contribution in [-0.2, 0) is 24.4 Å². The van der Waals surface area contributed by atoms with Crippen molar-refractivity contribution in [2.24, 2.45) is 4.99 Å². The Kier molecular flexibility index (Phi) is 7.23. The average molecular weight is 329 g/mol. The molecule has 2 aromatic carbocycles. The second kappa shape index (κ2) is 9.67. The van der Waals surface area contributed by atoms with Crippen LogP contribution < -0.4 is 10.6 Å². The van der Waals surface area contributed by atoms with E-state index in [0.717, 1.165) is 17.7 Å². The van der Waals surface area contributed by atoms with Gasteiger partial charge in [0.2, 0.25) is 0 Å². The van der Waals surface area contributed by atoms with Gasteiger partial charge in [-0.15, -0.1) is 0 Å². The van der Waals surface area contributed by atoms with E-state index < -0.39 is 0 Å². The largest absolute Gasteiger partial charge is 0.380 e. The maximum atomic E-state index is 13.7. The fourth-order valence-corrected chi connectivity index (χ4v) is 2.34. The van der Waals surface area contributed by atoms with Crippen molar-refractivity contribution < 1.29 is 9.13 Å². The first kappa shape index (κ1) is 17.9. The van der Waals surface area contributed by atoms with Gasteiger partial charge in [-0.3, -0.25) is 0 Å². The molecule has 2 aromatic rings. The molecule has 0 spiro atoms. The molecule has 128 valence electrons. The third kappa shape index (κ3) is 5.35. The third-order valence-corrected chi connectivity index (χ3v) is 3.57. The Bertz CT molecular complexity index is 673. The van der Waals surface area contributed by atoms with Gasteiger partial charge >= 0.3 is 0 Å². The van der Waals surface area contributed by atoms with Crippen molar-refractivity contribution in [1.82, 2.24) is 10.6 Å². The summed E-state index contributed by atoms with van der Waals surface area (Å²) in [5.41, 5.74) is 2.86. The van der Waals surface area contributed by atoms with Crippen LogP contribution in [0.5, 0.6) is 0 Å². The van der Waals surface area contributed by atoms with Crippen molar-refractivity contribution in [2.75, 3.05) is 13.7 Å². The maximum absolute atomic E-state index is 13.7.